The van der Waals surface area contributed by atoms with Crippen molar-refractivity contribution in [2.75, 3.05) is 14.2 Å². The van der Waals surface area contributed by atoms with Gasteiger partial charge in [-0.05, 0) is 40.5 Å². The van der Waals surface area contributed by atoms with Crippen molar-refractivity contribution in [1.82, 2.24) is 10.3 Å². The SMILES string of the molecule is CNC(Cc1sccc1Br)c1ccncc1OC. The lowest BCUT2D eigenvalue weighted by Crippen LogP contribution is -2.19. The van der Waals surface area contributed by atoms with Gasteiger partial charge < -0.3 is 10.1 Å². The number of pyridine rings is 1. The van der Waals surface area contributed by atoms with E-state index in [1.165, 1.54) is 9.35 Å². The summed E-state index contributed by atoms with van der Waals surface area (Å²) in [6.07, 6.45) is 4.48. The van der Waals surface area contributed by atoms with Gasteiger partial charge in [0.05, 0.1) is 13.3 Å². The average Bonchev–Trinajstić information content (AvgIpc) is 2.81. The first-order valence-electron chi connectivity index (χ1n) is 5.63. The van der Waals surface area contributed by atoms with E-state index in [0.29, 0.717) is 0 Å². The first kappa shape index (κ1) is 13.5. The fourth-order valence-corrected chi connectivity index (χ4v) is 3.43. The van der Waals surface area contributed by atoms with Crippen molar-refractivity contribution in [1.29, 1.82) is 0 Å². The second kappa shape index (κ2) is 6.31. The molecule has 0 aliphatic rings. The molecule has 5 heteroatoms. The number of ether oxygens (including phenoxy) is 1. The summed E-state index contributed by atoms with van der Waals surface area (Å²) >= 11 is 5.33. The van der Waals surface area contributed by atoms with Gasteiger partial charge in [-0.2, -0.15) is 0 Å². The lowest BCUT2D eigenvalue weighted by molar-refractivity contribution is 0.399. The molecule has 3 nitrogen and oxygen atoms in total. The van der Waals surface area contributed by atoms with E-state index in [2.05, 4.69) is 37.7 Å². The number of hydrogen-bond donors (Lipinski definition) is 1. The number of methoxy groups -OCH3 is 1. The molecule has 1 N–H and O–H groups in total. The third-order valence-electron chi connectivity index (χ3n) is 2.84. The summed E-state index contributed by atoms with van der Waals surface area (Å²) in [7, 11) is 3.64. The van der Waals surface area contributed by atoms with E-state index in [1.807, 2.05) is 13.1 Å². The van der Waals surface area contributed by atoms with Gasteiger partial charge in [0.15, 0.2) is 0 Å². The molecular formula is C13H15BrN2OS. The van der Waals surface area contributed by atoms with E-state index in [9.17, 15) is 0 Å². The van der Waals surface area contributed by atoms with Crippen LogP contribution in [0.5, 0.6) is 5.75 Å². The fourth-order valence-electron chi connectivity index (χ4n) is 1.87. The first-order valence-corrected chi connectivity index (χ1v) is 7.30. The van der Waals surface area contributed by atoms with Gasteiger partial charge in [0.2, 0.25) is 0 Å². The zero-order chi connectivity index (χ0) is 13.0. The zero-order valence-corrected chi connectivity index (χ0v) is 12.7. The van der Waals surface area contributed by atoms with Gasteiger partial charge in [-0.3, -0.25) is 4.98 Å². The molecule has 0 aliphatic heterocycles. The Morgan fingerprint density at radius 3 is 2.94 bits per heavy atom. The number of thiophene rings is 1. The van der Waals surface area contributed by atoms with Crippen molar-refractivity contribution in [2.45, 2.75) is 12.5 Å². The Hall–Kier alpha value is -0.910. The van der Waals surface area contributed by atoms with Crippen LogP contribution in [0.15, 0.2) is 34.4 Å². The Morgan fingerprint density at radius 2 is 2.33 bits per heavy atom. The van der Waals surface area contributed by atoms with Crippen LogP contribution in [0, 0.1) is 0 Å². The highest BCUT2D eigenvalue weighted by Crippen LogP contribution is 2.31. The normalized spacial score (nSPS) is 12.4. The molecule has 0 bridgehead atoms. The minimum absolute atomic E-state index is 0.220. The quantitative estimate of drug-likeness (QED) is 0.914. The van der Waals surface area contributed by atoms with Crippen LogP contribution in [0.1, 0.15) is 16.5 Å². The topological polar surface area (TPSA) is 34.2 Å². The minimum atomic E-state index is 0.220. The van der Waals surface area contributed by atoms with Gasteiger partial charge in [-0.25, -0.2) is 0 Å². The van der Waals surface area contributed by atoms with Crippen LogP contribution in [-0.2, 0) is 6.42 Å². The van der Waals surface area contributed by atoms with Gasteiger partial charge in [-0.1, -0.05) is 0 Å². The summed E-state index contributed by atoms with van der Waals surface area (Å²) in [6, 6.07) is 4.30. The predicted octanol–water partition coefficient (Wildman–Crippen LogP) is 3.42. The number of aromatic nitrogens is 1. The summed E-state index contributed by atoms with van der Waals surface area (Å²) in [4.78, 5) is 5.42. The Balaban J connectivity index is 2.25. The highest BCUT2D eigenvalue weighted by Gasteiger charge is 2.16. The summed E-state index contributed by atoms with van der Waals surface area (Å²) < 4.78 is 6.53. The summed E-state index contributed by atoms with van der Waals surface area (Å²) in [6.45, 7) is 0. The third-order valence-corrected chi connectivity index (χ3v) is 4.79. The predicted molar refractivity (Wildman–Crippen MR) is 78.3 cm³/mol. The van der Waals surface area contributed by atoms with E-state index in [4.69, 9.17) is 4.74 Å². The highest BCUT2D eigenvalue weighted by molar-refractivity contribution is 9.10. The average molecular weight is 327 g/mol. The first-order chi connectivity index (χ1) is 8.76. The van der Waals surface area contributed by atoms with Crippen molar-refractivity contribution in [2.24, 2.45) is 0 Å². The number of hydrogen-bond acceptors (Lipinski definition) is 4. The molecular weight excluding hydrogens is 312 g/mol. The maximum absolute atomic E-state index is 5.37. The fraction of sp³-hybridized carbons (Fsp3) is 0.308. The molecule has 1 unspecified atom stereocenters. The molecule has 18 heavy (non-hydrogen) atoms. The monoisotopic (exact) mass is 326 g/mol. The van der Waals surface area contributed by atoms with Crippen LogP contribution in [-0.4, -0.2) is 19.1 Å². The van der Waals surface area contributed by atoms with Crippen LogP contribution in [0.2, 0.25) is 0 Å². The van der Waals surface area contributed by atoms with Crippen LogP contribution in [0.4, 0.5) is 0 Å². The molecule has 0 saturated carbocycles. The molecule has 2 rings (SSSR count). The van der Waals surface area contributed by atoms with Crippen molar-refractivity contribution in [3.8, 4) is 5.75 Å². The molecule has 0 radical (unpaired) electrons. The Labute approximate surface area is 119 Å². The van der Waals surface area contributed by atoms with Gasteiger partial charge >= 0.3 is 0 Å². The molecule has 0 fully saturated rings. The largest absolute Gasteiger partial charge is 0.495 e. The number of rotatable bonds is 5. The van der Waals surface area contributed by atoms with Crippen molar-refractivity contribution in [3.63, 3.8) is 0 Å². The van der Waals surface area contributed by atoms with Crippen LogP contribution < -0.4 is 10.1 Å². The summed E-state index contributed by atoms with van der Waals surface area (Å²) in [5, 5.41) is 5.43. The lowest BCUT2D eigenvalue weighted by Gasteiger charge is -2.18. The molecule has 0 aromatic carbocycles. The van der Waals surface area contributed by atoms with Crippen LogP contribution >= 0.6 is 27.3 Å². The maximum Gasteiger partial charge on any atom is 0.141 e. The molecule has 2 heterocycles. The van der Waals surface area contributed by atoms with Crippen LogP contribution in [0.3, 0.4) is 0 Å². The molecule has 2 aromatic heterocycles. The zero-order valence-electron chi connectivity index (χ0n) is 10.3. The standard InChI is InChI=1S/C13H15BrN2OS/c1-15-11(7-13-10(14)4-6-18-13)9-3-5-16-8-12(9)17-2/h3-6,8,11,15H,7H2,1-2H3. The molecule has 0 saturated heterocycles. The van der Waals surface area contributed by atoms with E-state index < -0.39 is 0 Å². The summed E-state index contributed by atoms with van der Waals surface area (Å²) in [5.74, 6) is 0.824. The Kier molecular flexibility index (Phi) is 4.74. The van der Waals surface area contributed by atoms with Gasteiger partial charge in [-0.15, -0.1) is 11.3 Å². The molecule has 0 amide bonds. The maximum atomic E-state index is 5.37. The number of likely N-dealkylation sites (N-methyl/N-ethyl adjacent to an activating group) is 1. The Morgan fingerprint density at radius 1 is 1.50 bits per heavy atom. The number of nitrogens with zero attached hydrogens (tertiary/aromatic N) is 1. The van der Waals surface area contributed by atoms with Gasteiger partial charge in [0.1, 0.15) is 5.75 Å². The van der Waals surface area contributed by atoms with E-state index >= 15 is 0 Å². The van der Waals surface area contributed by atoms with Crippen molar-refractivity contribution < 1.29 is 4.74 Å². The highest BCUT2D eigenvalue weighted by atomic mass is 79.9. The van der Waals surface area contributed by atoms with Gasteiger partial charge in [0.25, 0.3) is 0 Å². The van der Waals surface area contributed by atoms with E-state index in [0.717, 1.165) is 17.7 Å². The molecule has 2 aromatic rings. The van der Waals surface area contributed by atoms with Crippen molar-refractivity contribution >= 4 is 27.3 Å². The van der Waals surface area contributed by atoms with E-state index in [-0.39, 0.29) is 6.04 Å². The molecule has 96 valence electrons. The van der Waals surface area contributed by atoms with E-state index in [1.54, 1.807) is 30.8 Å². The second-order valence-corrected chi connectivity index (χ2v) is 5.71. The van der Waals surface area contributed by atoms with Gasteiger partial charge in [0, 0.05) is 33.6 Å². The molecule has 0 aliphatic carbocycles. The number of nitrogens with one attached hydrogen (secondary N) is 1. The molecule has 0 spiro atoms. The Bertz CT molecular complexity index is 515. The van der Waals surface area contributed by atoms with Crippen molar-refractivity contribution in [3.05, 3.63) is 44.8 Å². The minimum Gasteiger partial charge on any atom is -0.495 e. The smallest absolute Gasteiger partial charge is 0.141 e. The lowest BCUT2D eigenvalue weighted by atomic mass is 10.0. The van der Waals surface area contributed by atoms with Crippen LogP contribution in [0.25, 0.3) is 0 Å². The summed E-state index contributed by atoms with van der Waals surface area (Å²) in [5.41, 5.74) is 1.13. The molecule has 1 atom stereocenters. The third kappa shape index (κ3) is 2.91. The number of halogens is 1. The second-order valence-electron chi connectivity index (χ2n) is 3.85.